The minimum absolute atomic E-state index is 0.657. The van der Waals surface area contributed by atoms with Crippen molar-refractivity contribution in [3.63, 3.8) is 0 Å². The van der Waals surface area contributed by atoms with Gasteiger partial charge in [-0.05, 0) is 12.1 Å². The van der Waals surface area contributed by atoms with Crippen LogP contribution in [0, 0.1) is 6.08 Å². The average Bonchev–Trinajstić information content (AvgIpc) is 2.89. The lowest BCUT2D eigenvalue weighted by Gasteiger charge is -2.07. The van der Waals surface area contributed by atoms with Crippen LogP contribution in [0.15, 0.2) is 42.9 Å². The molecule has 0 fully saturated rings. The molecule has 1 aromatic heterocycles. The topological polar surface area (TPSA) is 34.0 Å². The van der Waals surface area contributed by atoms with E-state index in [0.717, 1.165) is 17.8 Å². The van der Waals surface area contributed by atoms with Gasteiger partial charge in [-0.2, -0.15) is 4.68 Å². The molecule has 0 aliphatic carbocycles. The van der Waals surface area contributed by atoms with Crippen LogP contribution in [0.25, 0.3) is 17.1 Å². The second kappa shape index (κ2) is 4.84. The first-order valence-electron chi connectivity index (χ1n) is 5.89. The zero-order valence-corrected chi connectivity index (χ0v) is 11.2. The molecular formula is C14H12ClN4+. The number of halogens is 1. The smallest absolute Gasteiger partial charge is 0.288 e. The molecule has 0 spiro atoms. The summed E-state index contributed by atoms with van der Waals surface area (Å²) < 4.78 is 1.72. The van der Waals surface area contributed by atoms with Crippen molar-refractivity contribution in [2.24, 2.45) is 0 Å². The van der Waals surface area contributed by atoms with Gasteiger partial charge < -0.3 is 4.90 Å². The van der Waals surface area contributed by atoms with Crippen LogP contribution in [-0.2, 0) is 0 Å². The van der Waals surface area contributed by atoms with Crippen molar-refractivity contribution >= 4 is 17.3 Å². The lowest BCUT2D eigenvalue weighted by molar-refractivity contribution is 0.497. The Morgan fingerprint density at radius 1 is 1.37 bits per heavy atom. The maximum atomic E-state index is 5.97. The molecule has 94 valence electrons. The molecule has 4 nitrogen and oxygen atoms in total. The third-order valence-electron chi connectivity index (χ3n) is 2.82. The Labute approximate surface area is 116 Å². The third kappa shape index (κ3) is 2.50. The quantitative estimate of drug-likeness (QED) is 0.788. The molecule has 19 heavy (non-hydrogen) atoms. The highest BCUT2D eigenvalue weighted by atomic mass is 35.5. The molecule has 1 aromatic carbocycles. The first kappa shape index (κ1) is 11.9. The monoisotopic (exact) mass is 271 g/mol. The molecule has 0 saturated heterocycles. The number of benzene rings is 1. The van der Waals surface area contributed by atoms with E-state index in [0.29, 0.717) is 10.8 Å². The normalized spacial score (nSPS) is 14.2. The molecule has 0 saturated carbocycles. The van der Waals surface area contributed by atoms with Crippen molar-refractivity contribution in [1.29, 1.82) is 0 Å². The summed E-state index contributed by atoms with van der Waals surface area (Å²) in [4.78, 5) is 6.35. The lowest BCUT2D eigenvalue weighted by atomic mass is 10.2. The van der Waals surface area contributed by atoms with Crippen molar-refractivity contribution < 1.29 is 0 Å². The fourth-order valence-corrected chi connectivity index (χ4v) is 2.00. The predicted octanol–water partition coefficient (Wildman–Crippen LogP) is 2.70. The highest BCUT2D eigenvalue weighted by molar-refractivity contribution is 6.30. The number of aromatic nitrogens is 3. The maximum absolute atomic E-state index is 5.97. The Kier molecular flexibility index (Phi) is 3.03. The summed E-state index contributed by atoms with van der Waals surface area (Å²) in [5.74, 6) is 0.657. The van der Waals surface area contributed by atoms with Crippen LogP contribution in [0.1, 0.15) is 0 Å². The zero-order valence-electron chi connectivity index (χ0n) is 10.4. The molecule has 2 heterocycles. The largest absolute Gasteiger partial charge is 0.336 e. The van der Waals surface area contributed by atoms with Gasteiger partial charge in [0.15, 0.2) is 12.4 Å². The van der Waals surface area contributed by atoms with E-state index in [1.54, 1.807) is 11.0 Å². The molecule has 1 aliphatic rings. The van der Waals surface area contributed by atoms with Crippen molar-refractivity contribution in [1.82, 2.24) is 19.7 Å². The van der Waals surface area contributed by atoms with Gasteiger partial charge in [0.1, 0.15) is 18.5 Å². The van der Waals surface area contributed by atoms with Crippen molar-refractivity contribution in [2.45, 2.75) is 0 Å². The summed E-state index contributed by atoms with van der Waals surface area (Å²) in [5, 5.41) is 5.13. The maximum Gasteiger partial charge on any atom is 0.288 e. The highest BCUT2D eigenvalue weighted by Gasteiger charge is 2.16. The molecular weight excluding hydrogens is 260 g/mol. The Balaban J connectivity index is 1.90. The molecule has 0 bridgehead atoms. The molecule has 5 heteroatoms. The van der Waals surface area contributed by atoms with Gasteiger partial charge in [0, 0.05) is 17.6 Å². The van der Waals surface area contributed by atoms with Crippen LogP contribution in [0.2, 0.25) is 5.02 Å². The van der Waals surface area contributed by atoms with Gasteiger partial charge in [0.05, 0.1) is 6.20 Å². The number of likely N-dealkylation sites (N-methyl/N-ethyl adjacent to an activating group) is 1. The fraction of sp³-hybridized carbons (Fsp3) is 0.143. The van der Waals surface area contributed by atoms with E-state index in [1.807, 2.05) is 48.5 Å². The molecule has 0 radical (unpaired) electrons. The number of allylic oxidation sites excluding steroid dienone is 2. The van der Waals surface area contributed by atoms with E-state index in [-0.39, 0.29) is 0 Å². The van der Waals surface area contributed by atoms with Crippen LogP contribution in [-0.4, -0.2) is 33.3 Å². The van der Waals surface area contributed by atoms with E-state index >= 15 is 0 Å². The summed E-state index contributed by atoms with van der Waals surface area (Å²) in [6.07, 6.45) is 8.89. The van der Waals surface area contributed by atoms with Gasteiger partial charge in [0.2, 0.25) is 0 Å². The minimum Gasteiger partial charge on any atom is -0.336 e. The fourth-order valence-electron chi connectivity index (χ4n) is 1.81. The minimum atomic E-state index is 0.657. The van der Waals surface area contributed by atoms with Gasteiger partial charge in [-0.1, -0.05) is 23.7 Å². The first-order chi connectivity index (χ1) is 9.22. The number of hydrogen-bond acceptors (Lipinski definition) is 3. The van der Waals surface area contributed by atoms with Crippen molar-refractivity contribution in [3.05, 3.63) is 54.0 Å². The number of nitrogens with zero attached hydrogens (tertiary/aromatic N) is 4. The number of hydrogen-bond donors (Lipinski definition) is 0. The average molecular weight is 272 g/mol. The standard InChI is InChI=1S/C14H12ClN4/c1-18-7-5-13(6-8-18)19-10-16-14(17-19)11-3-2-4-12(15)9-11/h2-5,7,9-10H,8H2,1H3/q+1. The summed E-state index contributed by atoms with van der Waals surface area (Å²) in [6, 6.07) is 7.51. The summed E-state index contributed by atoms with van der Waals surface area (Å²) in [7, 11) is 2.00. The van der Waals surface area contributed by atoms with E-state index < -0.39 is 0 Å². The Hall–Kier alpha value is -2.16. The SMILES string of the molecule is CN1C=CC(n2cnc(-c3cccc(Cl)c3)n2)=[C+]C1. The van der Waals surface area contributed by atoms with E-state index in [9.17, 15) is 0 Å². The molecule has 0 N–H and O–H groups in total. The van der Waals surface area contributed by atoms with Crippen LogP contribution in [0.5, 0.6) is 0 Å². The summed E-state index contributed by atoms with van der Waals surface area (Å²) in [5.41, 5.74) is 1.81. The van der Waals surface area contributed by atoms with Gasteiger partial charge in [-0.25, -0.2) is 4.98 Å². The van der Waals surface area contributed by atoms with Crippen molar-refractivity contribution in [3.8, 4) is 11.4 Å². The molecule has 1 aliphatic heterocycles. The van der Waals surface area contributed by atoms with Crippen LogP contribution in [0.3, 0.4) is 0 Å². The van der Waals surface area contributed by atoms with E-state index in [1.165, 1.54) is 0 Å². The van der Waals surface area contributed by atoms with Crippen molar-refractivity contribution in [2.75, 3.05) is 13.6 Å². The van der Waals surface area contributed by atoms with Gasteiger partial charge in [-0.3, -0.25) is 0 Å². The van der Waals surface area contributed by atoms with Crippen LogP contribution in [0.4, 0.5) is 0 Å². The van der Waals surface area contributed by atoms with Gasteiger partial charge in [0.25, 0.3) is 5.70 Å². The van der Waals surface area contributed by atoms with E-state index in [2.05, 4.69) is 16.2 Å². The Morgan fingerprint density at radius 3 is 3.00 bits per heavy atom. The third-order valence-corrected chi connectivity index (χ3v) is 3.05. The lowest BCUT2D eigenvalue weighted by Crippen LogP contribution is -2.15. The first-order valence-corrected chi connectivity index (χ1v) is 6.27. The number of rotatable bonds is 2. The molecule has 0 unspecified atom stereocenters. The molecule has 0 amide bonds. The van der Waals surface area contributed by atoms with E-state index in [4.69, 9.17) is 11.6 Å². The van der Waals surface area contributed by atoms with Gasteiger partial charge in [-0.15, -0.1) is 5.10 Å². The zero-order chi connectivity index (χ0) is 13.2. The Bertz CT molecular complexity index is 657. The summed E-state index contributed by atoms with van der Waals surface area (Å²) >= 11 is 5.97. The Morgan fingerprint density at radius 2 is 2.26 bits per heavy atom. The second-order valence-corrected chi connectivity index (χ2v) is 4.75. The van der Waals surface area contributed by atoms with Crippen LogP contribution >= 0.6 is 11.6 Å². The summed E-state index contributed by atoms with van der Waals surface area (Å²) in [6.45, 7) is 0.748. The molecule has 0 atom stereocenters. The predicted molar refractivity (Wildman–Crippen MR) is 75.2 cm³/mol. The molecule has 3 rings (SSSR count). The van der Waals surface area contributed by atoms with Crippen LogP contribution < -0.4 is 0 Å². The highest BCUT2D eigenvalue weighted by Crippen LogP contribution is 2.20. The molecule has 2 aromatic rings. The van der Waals surface area contributed by atoms with Gasteiger partial charge >= 0.3 is 0 Å². The second-order valence-electron chi connectivity index (χ2n) is 4.32.